The summed E-state index contributed by atoms with van der Waals surface area (Å²) in [6.45, 7) is 1.35. The Hall–Kier alpha value is -1.81. The Morgan fingerprint density at radius 1 is 1.29 bits per heavy atom. The molecular formula is C17H22N2O2. The number of amides is 1. The van der Waals surface area contributed by atoms with E-state index in [4.69, 9.17) is 10.2 Å². The van der Waals surface area contributed by atoms with Gasteiger partial charge in [-0.1, -0.05) is 31.0 Å². The third-order valence-electron chi connectivity index (χ3n) is 4.34. The highest BCUT2D eigenvalue weighted by molar-refractivity contribution is 6.06. The van der Waals surface area contributed by atoms with Gasteiger partial charge in [-0.15, -0.1) is 0 Å². The number of hydrogen-bond acceptors (Lipinski definition) is 3. The number of carbonyl (C=O) groups is 1. The normalized spacial score (nSPS) is 15.7. The van der Waals surface area contributed by atoms with Crippen LogP contribution in [0.4, 0.5) is 0 Å². The summed E-state index contributed by atoms with van der Waals surface area (Å²) in [5, 5.41) is 0.901. The Bertz CT molecular complexity index is 614. The minimum atomic E-state index is 0.0836. The molecule has 2 aromatic rings. The molecule has 0 spiro atoms. The minimum absolute atomic E-state index is 0.0836. The molecule has 1 amide bonds. The van der Waals surface area contributed by atoms with Gasteiger partial charge >= 0.3 is 0 Å². The fraction of sp³-hybridized carbons (Fsp3) is 0.471. The Balaban J connectivity index is 1.88. The number of benzene rings is 1. The van der Waals surface area contributed by atoms with Gasteiger partial charge in [-0.2, -0.15) is 0 Å². The first-order valence-corrected chi connectivity index (χ1v) is 7.78. The molecule has 0 atom stereocenters. The number of carbonyl (C=O) groups excluding carboxylic acids is 1. The average molecular weight is 286 g/mol. The SMILES string of the molecule is NCCCN(C(=O)c1coc2ccccc12)C1CCCC1. The van der Waals surface area contributed by atoms with E-state index in [9.17, 15) is 4.79 Å². The number of nitrogens with two attached hydrogens (primary N) is 1. The maximum atomic E-state index is 12.9. The Labute approximate surface area is 124 Å². The summed E-state index contributed by atoms with van der Waals surface area (Å²) >= 11 is 0. The molecule has 1 aromatic heterocycles. The lowest BCUT2D eigenvalue weighted by Crippen LogP contribution is -2.40. The van der Waals surface area contributed by atoms with E-state index in [0.29, 0.717) is 18.2 Å². The third-order valence-corrected chi connectivity index (χ3v) is 4.34. The van der Waals surface area contributed by atoms with Gasteiger partial charge in [-0.05, 0) is 31.9 Å². The topological polar surface area (TPSA) is 59.5 Å². The zero-order valence-electron chi connectivity index (χ0n) is 12.3. The molecular weight excluding hydrogens is 264 g/mol. The van der Waals surface area contributed by atoms with Gasteiger partial charge < -0.3 is 15.1 Å². The highest BCUT2D eigenvalue weighted by Crippen LogP contribution is 2.28. The first-order chi connectivity index (χ1) is 10.3. The summed E-state index contributed by atoms with van der Waals surface area (Å²) < 4.78 is 5.52. The second kappa shape index (κ2) is 6.31. The van der Waals surface area contributed by atoms with E-state index in [0.717, 1.165) is 36.8 Å². The molecule has 2 N–H and O–H groups in total. The first kappa shape index (κ1) is 14.1. The van der Waals surface area contributed by atoms with E-state index in [1.165, 1.54) is 12.8 Å². The van der Waals surface area contributed by atoms with Crippen LogP contribution in [0.3, 0.4) is 0 Å². The number of furan rings is 1. The van der Waals surface area contributed by atoms with Crippen LogP contribution in [0.2, 0.25) is 0 Å². The van der Waals surface area contributed by atoms with Crippen molar-refractivity contribution in [2.45, 2.75) is 38.1 Å². The van der Waals surface area contributed by atoms with Gasteiger partial charge in [-0.25, -0.2) is 0 Å². The molecule has 1 aliphatic carbocycles. The molecule has 21 heavy (non-hydrogen) atoms. The van der Waals surface area contributed by atoms with E-state index >= 15 is 0 Å². The van der Waals surface area contributed by atoms with Crippen LogP contribution in [0.5, 0.6) is 0 Å². The zero-order valence-corrected chi connectivity index (χ0v) is 12.3. The molecule has 1 saturated carbocycles. The van der Waals surface area contributed by atoms with Crippen LogP contribution < -0.4 is 5.73 Å². The molecule has 4 nitrogen and oxygen atoms in total. The predicted octanol–water partition coefficient (Wildman–Crippen LogP) is 3.17. The van der Waals surface area contributed by atoms with Crippen LogP contribution in [0.1, 0.15) is 42.5 Å². The molecule has 0 unspecified atom stereocenters. The van der Waals surface area contributed by atoms with Crippen molar-refractivity contribution in [3.63, 3.8) is 0 Å². The van der Waals surface area contributed by atoms with Crippen molar-refractivity contribution < 1.29 is 9.21 Å². The summed E-state index contributed by atoms with van der Waals surface area (Å²) in [4.78, 5) is 14.9. The number of rotatable bonds is 5. The summed E-state index contributed by atoms with van der Waals surface area (Å²) in [6, 6.07) is 8.06. The Morgan fingerprint density at radius 3 is 2.81 bits per heavy atom. The summed E-state index contributed by atoms with van der Waals surface area (Å²) in [5.74, 6) is 0.0836. The van der Waals surface area contributed by atoms with Gasteiger partial charge in [-0.3, -0.25) is 4.79 Å². The third kappa shape index (κ3) is 2.81. The van der Waals surface area contributed by atoms with Crippen molar-refractivity contribution in [1.29, 1.82) is 0 Å². The maximum absolute atomic E-state index is 12.9. The largest absolute Gasteiger partial charge is 0.463 e. The summed E-state index contributed by atoms with van der Waals surface area (Å²) in [6.07, 6.45) is 7.07. The highest BCUT2D eigenvalue weighted by atomic mass is 16.3. The van der Waals surface area contributed by atoms with Crippen molar-refractivity contribution >= 4 is 16.9 Å². The Morgan fingerprint density at radius 2 is 2.05 bits per heavy atom. The number of fused-ring (bicyclic) bond motifs is 1. The summed E-state index contributed by atoms with van der Waals surface area (Å²) in [7, 11) is 0. The molecule has 1 aromatic carbocycles. The lowest BCUT2D eigenvalue weighted by Gasteiger charge is -2.28. The van der Waals surface area contributed by atoms with Crippen LogP contribution in [-0.4, -0.2) is 29.9 Å². The van der Waals surface area contributed by atoms with Gasteiger partial charge in [0.1, 0.15) is 11.8 Å². The fourth-order valence-corrected chi connectivity index (χ4v) is 3.23. The van der Waals surface area contributed by atoms with Crippen molar-refractivity contribution in [3.8, 4) is 0 Å². The Kier molecular flexibility index (Phi) is 4.25. The molecule has 0 saturated heterocycles. The van der Waals surface area contributed by atoms with Crippen LogP contribution in [0.25, 0.3) is 11.0 Å². The van der Waals surface area contributed by atoms with Gasteiger partial charge in [0.15, 0.2) is 0 Å². The van der Waals surface area contributed by atoms with E-state index in [1.54, 1.807) is 6.26 Å². The number of nitrogens with zero attached hydrogens (tertiary/aromatic N) is 1. The standard InChI is InChI=1S/C17H22N2O2/c18-10-5-11-19(13-6-1-2-7-13)17(20)15-12-21-16-9-4-3-8-14(15)16/h3-4,8-9,12-13H,1-2,5-7,10-11,18H2. The first-order valence-electron chi connectivity index (χ1n) is 7.78. The van der Waals surface area contributed by atoms with Crippen LogP contribution in [0.15, 0.2) is 34.9 Å². The van der Waals surface area contributed by atoms with Crippen molar-refractivity contribution in [2.75, 3.05) is 13.1 Å². The quantitative estimate of drug-likeness (QED) is 0.918. The van der Waals surface area contributed by atoms with Crippen LogP contribution in [0, 0.1) is 0 Å². The van der Waals surface area contributed by atoms with E-state index in [-0.39, 0.29) is 5.91 Å². The predicted molar refractivity (Wildman–Crippen MR) is 83.2 cm³/mol. The van der Waals surface area contributed by atoms with Gasteiger partial charge in [0.2, 0.25) is 0 Å². The van der Waals surface area contributed by atoms with E-state index in [2.05, 4.69) is 0 Å². The fourth-order valence-electron chi connectivity index (χ4n) is 3.23. The van der Waals surface area contributed by atoms with Gasteiger partial charge in [0.05, 0.1) is 5.56 Å². The molecule has 0 aliphatic heterocycles. The van der Waals surface area contributed by atoms with Crippen molar-refractivity contribution in [1.82, 2.24) is 4.90 Å². The molecule has 4 heteroatoms. The molecule has 1 fully saturated rings. The van der Waals surface area contributed by atoms with Crippen molar-refractivity contribution in [2.24, 2.45) is 5.73 Å². The average Bonchev–Trinajstić information content (AvgIpc) is 3.17. The highest BCUT2D eigenvalue weighted by Gasteiger charge is 2.28. The zero-order chi connectivity index (χ0) is 14.7. The smallest absolute Gasteiger partial charge is 0.257 e. The molecule has 1 aliphatic rings. The van der Waals surface area contributed by atoms with Gasteiger partial charge in [0.25, 0.3) is 5.91 Å². The second-order valence-electron chi connectivity index (χ2n) is 5.72. The van der Waals surface area contributed by atoms with E-state index in [1.807, 2.05) is 29.2 Å². The van der Waals surface area contributed by atoms with Gasteiger partial charge in [0, 0.05) is 18.0 Å². The lowest BCUT2D eigenvalue weighted by molar-refractivity contribution is 0.0681. The second-order valence-corrected chi connectivity index (χ2v) is 5.72. The molecule has 0 bridgehead atoms. The lowest BCUT2D eigenvalue weighted by atomic mass is 10.1. The van der Waals surface area contributed by atoms with Crippen LogP contribution in [-0.2, 0) is 0 Å². The molecule has 0 radical (unpaired) electrons. The molecule has 112 valence electrons. The molecule has 1 heterocycles. The summed E-state index contributed by atoms with van der Waals surface area (Å²) in [5.41, 5.74) is 7.07. The van der Waals surface area contributed by atoms with E-state index < -0.39 is 0 Å². The monoisotopic (exact) mass is 286 g/mol. The van der Waals surface area contributed by atoms with Crippen LogP contribution >= 0.6 is 0 Å². The van der Waals surface area contributed by atoms with Crippen molar-refractivity contribution in [3.05, 3.63) is 36.1 Å². The maximum Gasteiger partial charge on any atom is 0.257 e. The number of hydrogen-bond donors (Lipinski definition) is 1. The molecule has 3 rings (SSSR count). The number of para-hydroxylation sites is 1. The minimum Gasteiger partial charge on any atom is -0.463 e.